The molecule has 120 valence electrons. The van der Waals surface area contributed by atoms with Crippen LogP contribution < -0.4 is 5.32 Å². The monoisotopic (exact) mass is 333 g/mol. The molecule has 1 amide bonds. The van der Waals surface area contributed by atoms with Crippen LogP contribution in [0.2, 0.25) is 5.02 Å². The lowest BCUT2D eigenvalue weighted by Crippen LogP contribution is -2.43. The second-order valence-corrected chi connectivity index (χ2v) is 5.37. The molecule has 0 unspecified atom stereocenters. The number of halogens is 1. The minimum absolute atomic E-state index is 0.0258. The standard InChI is InChI=1S/C17H16ClNO4/c1-23-17(22)15(9-11-4-2-6-13(18)8-11)19-16(21)12-5-3-7-14(20)10-12/h2-8,10,15,20H,9H2,1H3,(H,19,21)/t15-/m1/s1. The van der Waals surface area contributed by atoms with Gasteiger partial charge in [0, 0.05) is 17.0 Å². The van der Waals surface area contributed by atoms with E-state index in [1.165, 1.54) is 19.2 Å². The summed E-state index contributed by atoms with van der Waals surface area (Å²) >= 11 is 5.93. The molecule has 0 aliphatic carbocycles. The van der Waals surface area contributed by atoms with Crippen molar-refractivity contribution in [2.24, 2.45) is 0 Å². The quantitative estimate of drug-likeness (QED) is 0.825. The van der Waals surface area contributed by atoms with E-state index in [2.05, 4.69) is 5.32 Å². The highest BCUT2D eigenvalue weighted by Crippen LogP contribution is 2.14. The summed E-state index contributed by atoms with van der Waals surface area (Å²) in [7, 11) is 1.26. The Kier molecular flexibility index (Phi) is 5.60. The molecule has 2 N–H and O–H groups in total. The number of carbonyl (C=O) groups is 2. The lowest BCUT2D eigenvalue weighted by molar-refractivity contribution is -0.142. The zero-order valence-electron chi connectivity index (χ0n) is 12.5. The minimum atomic E-state index is -0.853. The Labute approximate surface area is 138 Å². The average molecular weight is 334 g/mol. The highest BCUT2D eigenvalue weighted by atomic mass is 35.5. The van der Waals surface area contributed by atoms with Gasteiger partial charge in [0.1, 0.15) is 11.8 Å². The number of benzene rings is 2. The van der Waals surface area contributed by atoms with E-state index < -0.39 is 17.9 Å². The number of hydrogen-bond donors (Lipinski definition) is 2. The molecule has 0 aliphatic rings. The number of esters is 1. The Morgan fingerprint density at radius 3 is 2.61 bits per heavy atom. The summed E-state index contributed by atoms with van der Waals surface area (Å²) in [6.07, 6.45) is 0.248. The van der Waals surface area contributed by atoms with E-state index in [1.54, 1.807) is 30.3 Å². The third-order valence-electron chi connectivity index (χ3n) is 3.23. The number of nitrogens with one attached hydrogen (secondary N) is 1. The number of carbonyl (C=O) groups excluding carboxylic acids is 2. The fourth-order valence-corrected chi connectivity index (χ4v) is 2.34. The summed E-state index contributed by atoms with van der Waals surface area (Å²) in [6, 6.07) is 12.0. The number of hydrogen-bond acceptors (Lipinski definition) is 4. The number of amides is 1. The van der Waals surface area contributed by atoms with E-state index in [0.717, 1.165) is 5.56 Å². The molecule has 2 rings (SSSR count). The van der Waals surface area contributed by atoms with Crippen molar-refractivity contribution in [3.05, 3.63) is 64.7 Å². The first-order valence-electron chi connectivity index (χ1n) is 6.92. The molecule has 6 heteroatoms. The maximum absolute atomic E-state index is 12.2. The molecule has 5 nitrogen and oxygen atoms in total. The van der Waals surface area contributed by atoms with Crippen LogP contribution in [0.3, 0.4) is 0 Å². The topological polar surface area (TPSA) is 75.6 Å². The number of aromatic hydroxyl groups is 1. The molecular formula is C17H16ClNO4. The van der Waals surface area contributed by atoms with Crippen LogP contribution in [0, 0.1) is 0 Å². The van der Waals surface area contributed by atoms with Gasteiger partial charge >= 0.3 is 5.97 Å². The smallest absolute Gasteiger partial charge is 0.328 e. The molecule has 0 aromatic heterocycles. The lowest BCUT2D eigenvalue weighted by Gasteiger charge is -2.17. The Bertz CT molecular complexity index is 717. The zero-order chi connectivity index (χ0) is 16.8. The van der Waals surface area contributed by atoms with E-state index in [-0.39, 0.29) is 17.7 Å². The van der Waals surface area contributed by atoms with Gasteiger partial charge in [-0.1, -0.05) is 29.8 Å². The average Bonchev–Trinajstić information content (AvgIpc) is 2.53. The molecule has 0 radical (unpaired) electrons. The molecule has 0 saturated heterocycles. The minimum Gasteiger partial charge on any atom is -0.508 e. The largest absolute Gasteiger partial charge is 0.508 e. The van der Waals surface area contributed by atoms with Gasteiger partial charge in [-0.05, 0) is 35.9 Å². The molecule has 0 saturated carbocycles. The van der Waals surface area contributed by atoms with Crippen LogP contribution in [0.5, 0.6) is 5.75 Å². The molecule has 23 heavy (non-hydrogen) atoms. The van der Waals surface area contributed by atoms with Crippen molar-refractivity contribution in [1.29, 1.82) is 0 Å². The van der Waals surface area contributed by atoms with Gasteiger partial charge < -0.3 is 15.2 Å². The van der Waals surface area contributed by atoms with Crippen molar-refractivity contribution in [1.82, 2.24) is 5.32 Å². The fourth-order valence-electron chi connectivity index (χ4n) is 2.12. The number of rotatable bonds is 5. The molecule has 0 aliphatic heterocycles. The molecule has 0 bridgehead atoms. The first-order valence-corrected chi connectivity index (χ1v) is 7.29. The highest BCUT2D eigenvalue weighted by molar-refractivity contribution is 6.30. The van der Waals surface area contributed by atoms with Crippen LogP contribution in [0.25, 0.3) is 0 Å². The van der Waals surface area contributed by atoms with E-state index in [1.807, 2.05) is 6.07 Å². The first kappa shape index (κ1) is 16.8. The first-order chi connectivity index (χ1) is 11.0. The number of ether oxygens (including phenoxy) is 1. The van der Waals surface area contributed by atoms with Crippen molar-refractivity contribution >= 4 is 23.5 Å². The van der Waals surface area contributed by atoms with Gasteiger partial charge in [-0.25, -0.2) is 4.79 Å². The van der Waals surface area contributed by atoms with Crippen molar-refractivity contribution < 1.29 is 19.4 Å². The van der Waals surface area contributed by atoms with Gasteiger partial charge in [0.05, 0.1) is 7.11 Å². The molecule has 0 spiro atoms. The van der Waals surface area contributed by atoms with Gasteiger partial charge in [-0.2, -0.15) is 0 Å². The van der Waals surface area contributed by atoms with Crippen molar-refractivity contribution in [2.75, 3.05) is 7.11 Å². The third-order valence-corrected chi connectivity index (χ3v) is 3.46. The van der Waals surface area contributed by atoms with Gasteiger partial charge in [0.2, 0.25) is 0 Å². The van der Waals surface area contributed by atoms with Crippen LogP contribution in [0.1, 0.15) is 15.9 Å². The molecule has 1 atom stereocenters. The molecule has 0 heterocycles. The summed E-state index contributed by atoms with van der Waals surface area (Å²) in [4.78, 5) is 24.1. The second kappa shape index (κ2) is 7.65. The fraction of sp³-hybridized carbons (Fsp3) is 0.176. The van der Waals surface area contributed by atoms with Crippen LogP contribution >= 0.6 is 11.6 Å². The summed E-state index contributed by atoms with van der Waals surface area (Å²) in [5.41, 5.74) is 1.05. The van der Waals surface area contributed by atoms with Gasteiger partial charge in [-0.3, -0.25) is 4.79 Å². The zero-order valence-corrected chi connectivity index (χ0v) is 13.2. The van der Waals surface area contributed by atoms with Crippen molar-refractivity contribution in [3.63, 3.8) is 0 Å². The number of phenols is 1. The maximum atomic E-state index is 12.2. The summed E-state index contributed by atoms with van der Waals surface area (Å²) in [5.74, 6) is -1.06. The normalized spacial score (nSPS) is 11.6. The predicted octanol–water partition coefficient (Wildman–Crippen LogP) is 2.56. The van der Waals surface area contributed by atoms with Crippen LogP contribution in [-0.4, -0.2) is 30.1 Å². The Hall–Kier alpha value is -2.53. The van der Waals surface area contributed by atoms with E-state index in [4.69, 9.17) is 16.3 Å². The summed E-state index contributed by atoms with van der Waals surface area (Å²) < 4.78 is 4.74. The van der Waals surface area contributed by atoms with Crippen LogP contribution in [0.15, 0.2) is 48.5 Å². The van der Waals surface area contributed by atoms with Crippen LogP contribution in [0.4, 0.5) is 0 Å². The van der Waals surface area contributed by atoms with Crippen molar-refractivity contribution in [3.8, 4) is 5.75 Å². The number of methoxy groups -OCH3 is 1. The number of phenolic OH excluding ortho intramolecular Hbond substituents is 1. The highest BCUT2D eigenvalue weighted by Gasteiger charge is 2.22. The SMILES string of the molecule is COC(=O)[C@@H](Cc1cccc(Cl)c1)NC(=O)c1cccc(O)c1. The summed E-state index contributed by atoms with van der Waals surface area (Å²) in [6.45, 7) is 0. The van der Waals surface area contributed by atoms with Crippen LogP contribution in [-0.2, 0) is 16.0 Å². The van der Waals surface area contributed by atoms with Gasteiger partial charge in [0.25, 0.3) is 5.91 Å². The summed E-state index contributed by atoms with van der Waals surface area (Å²) in [5, 5.41) is 12.6. The Morgan fingerprint density at radius 1 is 1.22 bits per heavy atom. The lowest BCUT2D eigenvalue weighted by atomic mass is 10.1. The molecule has 2 aromatic carbocycles. The van der Waals surface area contributed by atoms with Gasteiger partial charge in [0.15, 0.2) is 0 Å². The third kappa shape index (κ3) is 4.72. The Balaban J connectivity index is 2.15. The van der Waals surface area contributed by atoms with E-state index in [0.29, 0.717) is 5.02 Å². The second-order valence-electron chi connectivity index (χ2n) is 4.93. The Morgan fingerprint density at radius 2 is 1.96 bits per heavy atom. The molecular weight excluding hydrogens is 318 g/mol. The van der Waals surface area contributed by atoms with Gasteiger partial charge in [-0.15, -0.1) is 0 Å². The van der Waals surface area contributed by atoms with E-state index >= 15 is 0 Å². The predicted molar refractivity (Wildman–Crippen MR) is 86.5 cm³/mol. The van der Waals surface area contributed by atoms with Crippen molar-refractivity contribution in [2.45, 2.75) is 12.5 Å². The molecule has 0 fully saturated rings. The molecule has 2 aromatic rings. The van der Waals surface area contributed by atoms with E-state index in [9.17, 15) is 14.7 Å². The maximum Gasteiger partial charge on any atom is 0.328 e.